The van der Waals surface area contributed by atoms with E-state index in [0.717, 1.165) is 30.9 Å². The van der Waals surface area contributed by atoms with Crippen LogP contribution in [0.3, 0.4) is 0 Å². The van der Waals surface area contributed by atoms with Crippen molar-refractivity contribution in [2.45, 2.75) is 44.0 Å². The fourth-order valence-electron chi connectivity index (χ4n) is 5.27. The summed E-state index contributed by atoms with van der Waals surface area (Å²) in [5.74, 6) is -0.135. The molecule has 196 valence electrons. The van der Waals surface area contributed by atoms with E-state index in [0.29, 0.717) is 54.6 Å². The lowest BCUT2D eigenvalue weighted by Crippen LogP contribution is -2.41. The van der Waals surface area contributed by atoms with Crippen molar-refractivity contribution in [3.8, 4) is 16.9 Å². The first-order valence-corrected chi connectivity index (χ1v) is 14.2. The summed E-state index contributed by atoms with van der Waals surface area (Å²) in [5.41, 5.74) is 4.48. The molecule has 3 heterocycles. The van der Waals surface area contributed by atoms with Crippen LogP contribution in [-0.2, 0) is 28.8 Å². The van der Waals surface area contributed by atoms with Crippen molar-refractivity contribution in [2.75, 3.05) is 39.4 Å². The molecule has 5 rings (SSSR count). The Hall–Kier alpha value is -2.85. The molecule has 0 aliphatic carbocycles. The summed E-state index contributed by atoms with van der Waals surface area (Å²) in [6.45, 7) is 7.22. The summed E-state index contributed by atoms with van der Waals surface area (Å²) in [6.07, 6.45) is 4.36. The third-order valence-electron chi connectivity index (χ3n) is 7.20. The van der Waals surface area contributed by atoms with Gasteiger partial charge in [0.05, 0.1) is 29.5 Å². The van der Waals surface area contributed by atoms with Gasteiger partial charge in [0.15, 0.2) is 16.8 Å². The van der Waals surface area contributed by atoms with E-state index in [1.54, 1.807) is 21.7 Å². The normalized spacial score (nSPS) is 17.6. The number of carbonyl (C=O) groups excluding carboxylic acids is 1. The maximum atomic E-state index is 13.6. The molecular formula is C28H34N4O4S. The molecule has 1 N–H and O–H groups in total. The Morgan fingerprint density at radius 2 is 1.70 bits per heavy atom. The molecule has 2 aliphatic heterocycles. The summed E-state index contributed by atoms with van der Waals surface area (Å²) in [6, 6.07) is 15.3. The number of morpholine rings is 1. The lowest BCUT2D eigenvalue weighted by Gasteiger charge is -2.26. The Balaban J connectivity index is 1.58. The highest BCUT2D eigenvalue weighted by Crippen LogP contribution is 2.34. The van der Waals surface area contributed by atoms with Gasteiger partial charge >= 0.3 is 0 Å². The summed E-state index contributed by atoms with van der Waals surface area (Å²) in [5, 5.41) is 4.84. The first-order chi connectivity index (χ1) is 18.1. The van der Waals surface area contributed by atoms with Crippen molar-refractivity contribution in [2.24, 2.45) is 0 Å². The highest BCUT2D eigenvalue weighted by molar-refractivity contribution is 7.79. The van der Waals surface area contributed by atoms with Gasteiger partial charge in [0.25, 0.3) is 5.91 Å². The number of amides is 1. The molecule has 2 aliphatic rings. The summed E-state index contributed by atoms with van der Waals surface area (Å²) in [4.78, 5) is 18.1. The monoisotopic (exact) mass is 522 g/mol. The van der Waals surface area contributed by atoms with Crippen LogP contribution in [0.25, 0.3) is 16.9 Å². The molecule has 2 aromatic carbocycles. The third-order valence-corrected chi connectivity index (χ3v) is 7.94. The van der Waals surface area contributed by atoms with Crippen molar-refractivity contribution in [3.05, 3.63) is 65.4 Å². The second-order valence-corrected chi connectivity index (χ2v) is 10.5. The Labute approximate surface area is 220 Å². The first kappa shape index (κ1) is 25.8. The maximum absolute atomic E-state index is 13.6. The number of carbonyl (C=O) groups is 1. The van der Waals surface area contributed by atoms with Gasteiger partial charge in [-0.15, -0.1) is 0 Å². The largest absolute Gasteiger partial charge is 0.378 e. The van der Waals surface area contributed by atoms with Crippen LogP contribution in [0.15, 0.2) is 53.4 Å². The Kier molecular flexibility index (Phi) is 8.14. The molecule has 1 unspecified atom stereocenters. The van der Waals surface area contributed by atoms with E-state index < -0.39 is 11.1 Å². The summed E-state index contributed by atoms with van der Waals surface area (Å²) in [7, 11) is 0. The van der Waals surface area contributed by atoms with E-state index >= 15 is 0 Å². The number of hydrogen-bond donors (Lipinski definition) is 1. The summed E-state index contributed by atoms with van der Waals surface area (Å²) < 4.78 is 29.5. The smallest absolute Gasteiger partial charge is 0.274 e. The molecule has 1 aromatic heterocycles. The van der Waals surface area contributed by atoms with Gasteiger partial charge in [-0.2, -0.15) is 5.10 Å². The Morgan fingerprint density at radius 3 is 2.38 bits per heavy atom. The zero-order chi connectivity index (χ0) is 25.8. The van der Waals surface area contributed by atoms with Gasteiger partial charge in [0.1, 0.15) is 0 Å². The second kappa shape index (κ2) is 11.7. The molecule has 2 fully saturated rings. The van der Waals surface area contributed by atoms with Crippen LogP contribution in [0.2, 0.25) is 0 Å². The van der Waals surface area contributed by atoms with Crippen molar-refractivity contribution in [1.82, 2.24) is 19.6 Å². The number of nitrogens with zero attached hydrogens (tertiary/aromatic N) is 4. The lowest BCUT2D eigenvalue weighted by atomic mass is 10.0. The number of aromatic nitrogens is 2. The number of ether oxygens (including phenoxy) is 1. The standard InChI is InChI=1S/C28H34N4O4S/c1-2-23-26(28(33)31-16-18-36-19-17-31)29-32(27(23)24-8-4-5-9-25(24)37(34)35)22-12-10-21(11-13-22)20-30-14-6-3-7-15-30/h4-5,8-13H,2-3,6-7,14-20H2,1H3,(H,34,35). The minimum Gasteiger partial charge on any atom is -0.378 e. The van der Waals surface area contributed by atoms with Gasteiger partial charge in [-0.1, -0.05) is 43.7 Å². The van der Waals surface area contributed by atoms with E-state index in [4.69, 9.17) is 9.84 Å². The zero-order valence-electron chi connectivity index (χ0n) is 21.3. The van der Waals surface area contributed by atoms with Crippen molar-refractivity contribution < 1.29 is 18.3 Å². The number of rotatable bonds is 7. The highest BCUT2D eigenvalue weighted by Gasteiger charge is 2.29. The molecule has 1 amide bonds. The average Bonchev–Trinajstić information content (AvgIpc) is 3.33. The number of piperidine rings is 1. The predicted octanol–water partition coefficient (Wildman–Crippen LogP) is 4.14. The fraction of sp³-hybridized carbons (Fsp3) is 0.429. The van der Waals surface area contributed by atoms with E-state index in [1.807, 2.05) is 31.2 Å². The number of hydrogen-bond acceptors (Lipinski definition) is 5. The zero-order valence-corrected chi connectivity index (χ0v) is 22.1. The van der Waals surface area contributed by atoms with Gasteiger partial charge in [-0.05, 0) is 56.1 Å². The van der Waals surface area contributed by atoms with Crippen LogP contribution in [0, 0.1) is 0 Å². The van der Waals surface area contributed by atoms with Crippen molar-refractivity contribution >= 4 is 17.0 Å². The quantitative estimate of drug-likeness (QED) is 0.470. The molecule has 0 bridgehead atoms. The Morgan fingerprint density at radius 1 is 1.00 bits per heavy atom. The lowest BCUT2D eigenvalue weighted by molar-refractivity contribution is 0.0298. The molecule has 9 heteroatoms. The minimum absolute atomic E-state index is 0.135. The molecule has 3 aromatic rings. The van der Waals surface area contributed by atoms with Gasteiger partial charge < -0.3 is 14.2 Å². The predicted molar refractivity (Wildman–Crippen MR) is 143 cm³/mol. The molecule has 0 spiro atoms. The van der Waals surface area contributed by atoms with Gasteiger partial charge in [-0.25, -0.2) is 8.89 Å². The fourth-order valence-corrected chi connectivity index (χ4v) is 5.82. The molecule has 0 saturated carbocycles. The first-order valence-electron chi connectivity index (χ1n) is 13.1. The van der Waals surface area contributed by atoms with E-state index in [-0.39, 0.29) is 5.91 Å². The number of benzene rings is 2. The van der Waals surface area contributed by atoms with E-state index in [2.05, 4.69) is 17.0 Å². The number of likely N-dealkylation sites (tertiary alicyclic amines) is 1. The van der Waals surface area contributed by atoms with Gasteiger partial charge in [0.2, 0.25) is 0 Å². The van der Waals surface area contributed by atoms with Crippen LogP contribution in [0.5, 0.6) is 0 Å². The van der Waals surface area contributed by atoms with Gasteiger partial charge in [-0.3, -0.25) is 9.69 Å². The second-order valence-electron chi connectivity index (χ2n) is 9.59. The van der Waals surface area contributed by atoms with Crippen molar-refractivity contribution in [3.63, 3.8) is 0 Å². The van der Waals surface area contributed by atoms with Crippen LogP contribution in [0.4, 0.5) is 0 Å². The Bertz CT molecular complexity index is 1260. The van der Waals surface area contributed by atoms with Crippen LogP contribution >= 0.6 is 0 Å². The van der Waals surface area contributed by atoms with E-state index in [1.165, 1.54) is 24.8 Å². The minimum atomic E-state index is -2.19. The molecule has 0 radical (unpaired) electrons. The topological polar surface area (TPSA) is 87.9 Å². The van der Waals surface area contributed by atoms with Crippen LogP contribution in [-0.4, -0.2) is 73.6 Å². The summed E-state index contributed by atoms with van der Waals surface area (Å²) >= 11 is -2.19. The molecular weight excluding hydrogens is 488 g/mol. The molecule has 1 atom stereocenters. The third kappa shape index (κ3) is 5.55. The molecule has 37 heavy (non-hydrogen) atoms. The SMILES string of the molecule is CCc1c(C(=O)N2CCOCC2)nn(-c2ccc(CN3CCCCC3)cc2)c1-c1ccccc1S(=O)O. The van der Waals surface area contributed by atoms with Crippen LogP contribution in [0.1, 0.15) is 47.8 Å². The van der Waals surface area contributed by atoms with Gasteiger partial charge in [0, 0.05) is 30.8 Å². The molecule has 8 nitrogen and oxygen atoms in total. The molecule has 2 saturated heterocycles. The van der Waals surface area contributed by atoms with Crippen LogP contribution < -0.4 is 0 Å². The average molecular weight is 523 g/mol. The van der Waals surface area contributed by atoms with Crippen molar-refractivity contribution in [1.29, 1.82) is 0 Å². The van der Waals surface area contributed by atoms with E-state index in [9.17, 15) is 13.6 Å². The maximum Gasteiger partial charge on any atom is 0.274 e. The highest BCUT2D eigenvalue weighted by atomic mass is 32.2.